The molecule has 0 amide bonds. The van der Waals surface area contributed by atoms with Crippen molar-refractivity contribution >= 4 is 15.9 Å². The minimum absolute atomic E-state index is 0.107. The van der Waals surface area contributed by atoms with E-state index in [9.17, 15) is 8.78 Å². The summed E-state index contributed by atoms with van der Waals surface area (Å²) < 4.78 is 28.9. The second-order valence-electron chi connectivity index (χ2n) is 3.10. The van der Waals surface area contributed by atoms with E-state index in [-0.39, 0.29) is 11.3 Å². The van der Waals surface area contributed by atoms with E-state index in [4.69, 9.17) is 0 Å². The van der Waals surface area contributed by atoms with Crippen LogP contribution in [0, 0.1) is 11.6 Å². The number of nitrogens with zero attached hydrogens (tertiary/aromatic N) is 2. The highest BCUT2D eigenvalue weighted by atomic mass is 79.9. The van der Waals surface area contributed by atoms with Gasteiger partial charge in [0.2, 0.25) is 0 Å². The molecule has 0 saturated heterocycles. The van der Waals surface area contributed by atoms with Gasteiger partial charge in [0.25, 0.3) is 0 Å². The molecular weight excluding hydrogens is 266 g/mol. The lowest BCUT2D eigenvalue weighted by Gasteiger charge is -2.01. The van der Waals surface area contributed by atoms with Gasteiger partial charge in [-0.2, -0.15) is 5.10 Å². The van der Waals surface area contributed by atoms with E-state index in [0.29, 0.717) is 4.47 Å². The van der Waals surface area contributed by atoms with E-state index < -0.39 is 11.6 Å². The first-order valence-electron chi connectivity index (χ1n) is 4.23. The molecule has 2 rings (SSSR count). The van der Waals surface area contributed by atoms with Crippen LogP contribution in [-0.2, 0) is 7.05 Å². The Balaban J connectivity index is 2.68. The number of hydrogen-bond donors (Lipinski definition) is 0. The van der Waals surface area contributed by atoms with Crippen molar-refractivity contribution in [3.05, 3.63) is 40.5 Å². The van der Waals surface area contributed by atoms with Crippen LogP contribution in [-0.4, -0.2) is 9.78 Å². The van der Waals surface area contributed by atoms with Crippen molar-refractivity contribution in [2.75, 3.05) is 0 Å². The fraction of sp³-hybridized carbons (Fsp3) is 0.100. The SMILES string of the molecule is Cn1cc(Br)c(-c2c(F)cccc2F)n1. The number of aromatic nitrogens is 2. The highest BCUT2D eigenvalue weighted by molar-refractivity contribution is 9.10. The zero-order valence-corrected chi connectivity index (χ0v) is 9.42. The van der Waals surface area contributed by atoms with E-state index in [0.717, 1.165) is 0 Å². The lowest BCUT2D eigenvalue weighted by atomic mass is 10.1. The second kappa shape index (κ2) is 3.73. The molecule has 0 radical (unpaired) electrons. The van der Waals surface area contributed by atoms with Crippen LogP contribution in [0.3, 0.4) is 0 Å². The molecule has 2 nitrogen and oxygen atoms in total. The highest BCUT2D eigenvalue weighted by Gasteiger charge is 2.16. The van der Waals surface area contributed by atoms with Crippen molar-refractivity contribution in [1.82, 2.24) is 9.78 Å². The van der Waals surface area contributed by atoms with Crippen LogP contribution in [0.4, 0.5) is 8.78 Å². The Labute approximate surface area is 93.7 Å². The maximum Gasteiger partial charge on any atom is 0.135 e. The van der Waals surface area contributed by atoms with E-state index in [1.165, 1.54) is 22.9 Å². The predicted molar refractivity (Wildman–Crippen MR) is 56.3 cm³/mol. The highest BCUT2D eigenvalue weighted by Crippen LogP contribution is 2.30. The summed E-state index contributed by atoms with van der Waals surface area (Å²) in [7, 11) is 1.69. The maximum absolute atomic E-state index is 13.4. The van der Waals surface area contributed by atoms with Crippen molar-refractivity contribution in [2.45, 2.75) is 0 Å². The number of aryl methyl sites for hydroxylation is 1. The Morgan fingerprint density at radius 3 is 2.33 bits per heavy atom. The van der Waals surface area contributed by atoms with Crippen molar-refractivity contribution in [1.29, 1.82) is 0 Å². The zero-order chi connectivity index (χ0) is 11.0. The van der Waals surface area contributed by atoms with Crippen molar-refractivity contribution < 1.29 is 8.78 Å². The molecule has 0 saturated carbocycles. The van der Waals surface area contributed by atoms with Crippen molar-refractivity contribution in [2.24, 2.45) is 7.05 Å². The third kappa shape index (κ3) is 1.79. The van der Waals surface area contributed by atoms with Crippen molar-refractivity contribution in [3.63, 3.8) is 0 Å². The van der Waals surface area contributed by atoms with Gasteiger partial charge >= 0.3 is 0 Å². The molecular formula is C10H7BrF2N2. The molecule has 1 aromatic heterocycles. The Kier molecular flexibility index (Phi) is 2.56. The molecule has 0 unspecified atom stereocenters. The summed E-state index contributed by atoms with van der Waals surface area (Å²) in [6.07, 6.45) is 1.64. The molecule has 0 aliphatic heterocycles. The fourth-order valence-corrected chi connectivity index (χ4v) is 1.93. The summed E-state index contributed by atoms with van der Waals surface area (Å²) in [4.78, 5) is 0. The molecule has 0 bridgehead atoms. The van der Waals surface area contributed by atoms with Gasteiger partial charge in [-0.1, -0.05) is 6.07 Å². The molecule has 78 valence electrons. The van der Waals surface area contributed by atoms with Crippen LogP contribution in [0.25, 0.3) is 11.3 Å². The third-order valence-electron chi connectivity index (χ3n) is 1.98. The first kappa shape index (κ1) is 10.3. The lowest BCUT2D eigenvalue weighted by Crippen LogP contribution is -1.93. The molecule has 2 aromatic rings. The van der Waals surface area contributed by atoms with Gasteiger partial charge in [-0.05, 0) is 28.1 Å². The first-order chi connectivity index (χ1) is 7.09. The van der Waals surface area contributed by atoms with E-state index in [1.54, 1.807) is 13.2 Å². The average molecular weight is 273 g/mol. The summed E-state index contributed by atoms with van der Waals surface area (Å²) in [5, 5.41) is 3.99. The van der Waals surface area contributed by atoms with Gasteiger partial charge in [0.05, 0.1) is 10.0 Å². The van der Waals surface area contributed by atoms with Gasteiger partial charge in [0.15, 0.2) is 0 Å². The molecule has 5 heteroatoms. The summed E-state index contributed by atoms with van der Waals surface area (Å²) in [6.45, 7) is 0. The molecule has 0 atom stereocenters. The van der Waals surface area contributed by atoms with Gasteiger partial charge in [-0.15, -0.1) is 0 Å². The van der Waals surface area contributed by atoms with Crippen LogP contribution < -0.4 is 0 Å². The molecule has 1 aromatic carbocycles. The van der Waals surface area contributed by atoms with E-state index >= 15 is 0 Å². The van der Waals surface area contributed by atoms with Crippen LogP contribution in [0.1, 0.15) is 0 Å². The van der Waals surface area contributed by atoms with Gasteiger partial charge in [-0.25, -0.2) is 8.78 Å². The Morgan fingerprint density at radius 2 is 1.87 bits per heavy atom. The minimum atomic E-state index is -0.616. The molecule has 0 fully saturated rings. The van der Waals surface area contributed by atoms with Crippen LogP contribution in [0.15, 0.2) is 28.9 Å². The largest absolute Gasteiger partial charge is 0.274 e. The number of rotatable bonds is 1. The smallest absolute Gasteiger partial charge is 0.135 e. The molecule has 1 heterocycles. The van der Waals surface area contributed by atoms with Crippen molar-refractivity contribution in [3.8, 4) is 11.3 Å². The van der Waals surface area contributed by atoms with Gasteiger partial charge < -0.3 is 0 Å². The summed E-state index contributed by atoms with van der Waals surface area (Å²) in [5.74, 6) is -1.23. The molecule has 0 spiro atoms. The first-order valence-corrected chi connectivity index (χ1v) is 5.02. The van der Waals surface area contributed by atoms with Gasteiger partial charge in [0.1, 0.15) is 17.3 Å². The minimum Gasteiger partial charge on any atom is -0.274 e. The third-order valence-corrected chi connectivity index (χ3v) is 2.56. The molecule has 0 aliphatic rings. The Bertz CT molecular complexity index is 488. The second-order valence-corrected chi connectivity index (χ2v) is 3.95. The number of halogens is 3. The molecule has 0 N–H and O–H groups in total. The van der Waals surface area contributed by atoms with Crippen LogP contribution >= 0.6 is 15.9 Å². The number of benzene rings is 1. The average Bonchev–Trinajstić information content (AvgIpc) is 2.45. The zero-order valence-electron chi connectivity index (χ0n) is 7.84. The monoisotopic (exact) mass is 272 g/mol. The predicted octanol–water partition coefficient (Wildman–Crippen LogP) is 3.13. The fourth-order valence-electron chi connectivity index (χ4n) is 1.35. The summed E-state index contributed by atoms with van der Waals surface area (Å²) in [5.41, 5.74) is 0.165. The van der Waals surface area contributed by atoms with Crippen LogP contribution in [0.2, 0.25) is 0 Å². The topological polar surface area (TPSA) is 17.8 Å². The quantitative estimate of drug-likeness (QED) is 0.780. The maximum atomic E-state index is 13.4. The number of hydrogen-bond acceptors (Lipinski definition) is 1. The normalized spacial score (nSPS) is 10.7. The van der Waals surface area contributed by atoms with Crippen LogP contribution in [0.5, 0.6) is 0 Å². The summed E-state index contributed by atoms with van der Waals surface area (Å²) in [6, 6.07) is 3.74. The standard InChI is InChI=1S/C10H7BrF2N2/c1-15-5-6(11)10(14-15)9-7(12)3-2-4-8(9)13/h2-5H,1H3. The Hall–Kier alpha value is -1.23. The molecule has 15 heavy (non-hydrogen) atoms. The van der Waals surface area contributed by atoms with Gasteiger partial charge in [0, 0.05) is 13.2 Å². The van der Waals surface area contributed by atoms with E-state index in [2.05, 4.69) is 21.0 Å². The Morgan fingerprint density at radius 1 is 1.27 bits per heavy atom. The van der Waals surface area contributed by atoms with E-state index in [1.807, 2.05) is 0 Å². The summed E-state index contributed by atoms with van der Waals surface area (Å²) >= 11 is 3.21. The van der Waals surface area contributed by atoms with Gasteiger partial charge in [-0.3, -0.25) is 4.68 Å². The molecule has 0 aliphatic carbocycles. The lowest BCUT2D eigenvalue weighted by molar-refractivity contribution is 0.587.